The average molecular weight is 280 g/mol. The molecule has 1 rings (SSSR count). The van der Waals surface area contributed by atoms with Crippen LogP contribution in [-0.2, 0) is 4.74 Å². The van der Waals surface area contributed by atoms with Crippen molar-refractivity contribution in [1.82, 2.24) is 10.2 Å². The number of terminal acetylenes is 1. The molecule has 1 saturated heterocycles. The normalized spacial score (nSPS) is 20.6. The van der Waals surface area contributed by atoms with Gasteiger partial charge in [0.05, 0.1) is 0 Å². The maximum absolute atomic E-state index is 12.1. The molecular formula is C16H28N2O2. The van der Waals surface area contributed by atoms with Crippen LogP contribution in [0.5, 0.6) is 0 Å². The summed E-state index contributed by atoms with van der Waals surface area (Å²) in [4.78, 5) is 13.9. The molecule has 1 fully saturated rings. The Balaban J connectivity index is 2.52. The number of carbonyl (C=O) groups excluding carboxylic acids is 1. The van der Waals surface area contributed by atoms with Crippen molar-refractivity contribution in [3.05, 3.63) is 0 Å². The first-order valence-electron chi connectivity index (χ1n) is 7.52. The Hall–Kier alpha value is -1.21. The second-order valence-corrected chi connectivity index (χ2v) is 6.38. The molecule has 1 heterocycles. The minimum absolute atomic E-state index is 0.202. The van der Waals surface area contributed by atoms with Crippen molar-refractivity contribution in [1.29, 1.82) is 0 Å². The van der Waals surface area contributed by atoms with Crippen LogP contribution in [0.15, 0.2) is 0 Å². The number of carbonyl (C=O) groups is 1. The lowest BCUT2D eigenvalue weighted by Gasteiger charge is -2.26. The number of hydrogen-bond acceptors (Lipinski definition) is 3. The molecular weight excluding hydrogens is 252 g/mol. The fourth-order valence-corrected chi connectivity index (χ4v) is 2.61. The molecule has 0 aromatic rings. The summed E-state index contributed by atoms with van der Waals surface area (Å²) in [6, 6.07) is 0.392. The van der Waals surface area contributed by atoms with Gasteiger partial charge >= 0.3 is 6.09 Å². The van der Waals surface area contributed by atoms with Gasteiger partial charge in [-0.2, -0.15) is 0 Å². The molecule has 0 spiro atoms. The Kier molecular flexibility index (Phi) is 6.35. The topological polar surface area (TPSA) is 41.6 Å². The Morgan fingerprint density at radius 3 is 2.80 bits per heavy atom. The van der Waals surface area contributed by atoms with Gasteiger partial charge in [0, 0.05) is 25.6 Å². The Bertz CT molecular complexity index is 354. The van der Waals surface area contributed by atoms with E-state index in [4.69, 9.17) is 11.2 Å². The van der Waals surface area contributed by atoms with Crippen LogP contribution >= 0.6 is 0 Å². The third-order valence-electron chi connectivity index (χ3n) is 3.51. The molecule has 1 aliphatic rings. The molecule has 0 aromatic carbocycles. The number of hydrogen-bond donors (Lipinski definition) is 1. The smallest absolute Gasteiger partial charge is 0.410 e. The molecule has 1 amide bonds. The molecule has 114 valence electrons. The summed E-state index contributed by atoms with van der Waals surface area (Å²) in [6.07, 6.45) is 7.92. The lowest BCUT2D eigenvalue weighted by atomic mass is 9.95. The van der Waals surface area contributed by atoms with Gasteiger partial charge in [-0.1, -0.05) is 6.92 Å². The van der Waals surface area contributed by atoms with E-state index in [2.05, 4.69) is 18.2 Å². The highest BCUT2D eigenvalue weighted by Crippen LogP contribution is 2.24. The predicted molar refractivity (Wildman–Crippen MR) is 81.4 cm³/mol. The highest BCUT2D eigenvalue weighted by Gasteiger charge is 2.33. The first-order valence-corrected chi connectivity index (χ1v) is 7.52. The number of likely N-dealkylation sites (tertiary alicyclic amines) is 1. The van der Waals surface area contributed by atoms with Gasteiger partial charge in [0.2, 0.25) is 0 Å². The number of ether oxygens (including phenoxy) is 1. The van der Waals surface area contributed by atoms with Gasteiger partial charge in [-0.25, -0.2) is 4.79 Å². The number of amides is 1. The Morgan fingerprint density at radius 2 is 2.25 bits per heavy atom. The van der Waals surface area contributed by atoms with E-state index in [0.29, 0.717) is 12.0 Å². The van der Waals surface area contributed by atoms with Crippen molar-refractivity contribution in [3.8, 4) is 12.3 Å². The van der Waals surface area contributed by atoms with Crippen molar-refractivity contribution in [3.63, 3.8) is 0 Å². The van der Waals surface area contributed by atoms with Crippen LogP contribution in [0.4, 0.5) is 4.79 Å². The molecule has 2 unspecified atom stereocenters. The fraction of sp³-hybridized carbons (Fsp3) is 0.812. The monoisotopic (exact) mass is 280 g/mol. The quantitative estimate of drug-likeness (QED) is 0.787. The van der Waals surface area contributed by atoms with Crippen molar-refractivity contribution in [2.45, 2.75) is 58.6 Å². The molecule has 4 nitrogen and oxygen atoms in total. The number of nitrogens with one attached hydrogen (secondary N) is 1. The third kappa shape index (κ3) is 5.42. The zero-order chi connectivity index (χ0) is 15.2. The molecule has 2 atom stereocenters. The van der Waals surface area contributed by atoms with Gasteiger partial charge in [-0.05, 0) is 46.1 Å². The molecule has 20 heavy (non-hydrogen) atoms. The van der Waals surface area contributed by atoms with Crippen LogP contribution in [0, 0.1) is 18.3 Å². The predicted octanol–water partition coefficient (Wildman–Crippen LogP) is 2.63. The van der Waals surface area contributed by atoms with Gasteiger partial charge in [0.25, 0.3) is 0 Å². The zero-order valence-electron chi connectivity index (χ0n) is 13.2. The largest absolute Gasteiger partial charge is 0.444 e. The van der Waals surface area contributed by atoms with E-state index < -0.39 is 5.60 Å². The van der Waals surface area contributed by atoms with Crippen molar-refractivity contribution in [2.75, 3.05) is 19.6 Å². The lowest BCUT2D eigenvalue weighted by molar-refractivity contribution is 0.0285. The SMILES string of the molecule is C#CCCC(NCC)C1CCN(C(=O)OC(C)(C)C)C1. The standard InChI is InChI=1S/C16H28N2O2/c1-6-8-9-14(17-7-2)13-10-11-18(12-13)15(19)20-16(3,4)5/h1,13-14,17H,7-12H2,2-5H3. The minimum Gasteiger partial charge on any atom is -0.444 e. The summed E-state index contributed by atoms with van der Waals surface area (Å²) in [6.45, 7) is 10.3. The van der Waals surface area contributed by atoms with Gasteiger partial charge in [-0.3, -0.25) is 0 Å². The highest BCUT2D eigenvalue weighted by molar-refractivity contribution is 5.68. The van der Waals surface area contributed by atoms with E-state index in [-0.39, 0.29) is 6.09 Å². The Labute approximate surface area is 123 Å². The number of nitrogens with zero attached hydrogens (tertiary/aromatic N) is 1. The average Bonchev–Trinajstić information content (AvgIpc) is 2.82. The number of rotatable bonds is 5. The molecule has 0 radical (unpaired) electrons. The molecule has 0 saturated carbocycles. The maximum Gasteiger partial charge on any atom is 0.410 e. The van der Waals surface area contributed by atoms with Crippen molar-refractivity contribution < 1.29 is 9.53 Å². The van der Waals surface area contributed by atoms with Gasteiger partial charge in [-0.15, -0.1) is 12.3 Å². The lowest BCUT2D eigenvalue weighted by Crippen LogP contribution is -2.40. The van der Waals surface area contributed by atoms with Crippen LogP contribution in [0.1, 0.15) is 47.0 Å². The molecule has 0 aliphatic carbocycles. The summed E-state index contributed by atoms with van der Waals surface area (Å²) >= 11 is 0. The van der Waals surface area contributed by atoms with Gasteiger partial charge in [0.15, 0.2) is 0 Å². The van der Waals surface area contributed by atoms with Crippen LogP contribution in [0.2, 0.25) is 0 Å². The first-order chi connectivity index (χ1) is 9.37. The minimum atomic E-state index is -0.431. The van der Waals surface area contributed by atoms with Crippen molar-refractivity contribution >= 4 is 6.09 Å². The summed E-state index contributed by atoms with van der Waals surface area (Å²) in [5, 5.41) is 3.49. The molecule has 4 heteroatoms. The Morgan fingerprint density at radius 1 is 1.55 bits per heavy atom. The van der Waals surface area contributed by atoms with E-state index in [1.807, 2.05) is 25.7 Å². The van der Waals surface area contributed by atoms with Crippen LogP contribution in [-0.4, -0.2) is 42.3 Å². The van der Waals surface area contributed by atoms with Gasteiger partial charge < -0.3 is 15.0 Å². The van der Waals surface area contributed by atoms with Crippen molar-refractivity contribution in [2.24, 2.45) is 5.92 Å². The first kappa shape index (κ1) is 16.8. The molecule has 1 N–H and O–H groups in total. The molecule has 0 bridgehead atoms. The van der Waals surface area contributed by atoms with Crippen LogP contribution in [0.3, 0.4) is 0 Å². The van der Waals surface area contributed by atoms with E-state index in [1.54, 1.807) is 0 Å². The fourth-order valence-electron chi connectivity index (χ4n) is 2.61. The summed E-state index contributed by atoms with van der Waals surface area (Å²) in [5.74, 6) is 3.17. The summed E-state index contributed by atoms with van der Waals surface area (Å²) in [5.41, 5.74) is -0.431. The highest BCUT2D eigenvalue weighted by atomic mass is 16.6. The van der Waals surface area contributed by atoms with Gasteiger partial charge in [0.1, 0.15) is 5.60 Å². The second kappa shape index (κ2) is 7.54. The maximum atomic E-state index is 12.1. The second-order valence-electron chi connectivity index (χ2n) is 6.38. The van der Waals surface area contributed by atoms with E-state index in [0.717, 1.165) is 38.9 Å². The van der Waals surface area contributed by atoms with E-state index >= 15 is 0 Å². The van der Waals surface area contributed by atoms with Crippen LogP contribution < -0.4 is 5.32 Å². The van der Waals surface area contributed by atoms with Crippen LogP contribution in [0.25, 0.3) is 0 Å². The summed E-state index contributed by atoms with van der Waals surface area (Å²) < 4.78 is 5.43. The zero-order valence-corrected chi connectivity index (χ0v) is 13.2. The molecule has 1 aliphatic heterocycles. The van der Waals surface area contributed by atoms with E-state index in [1.165, 1.54) is 0 Å². The molecule has 0 aromatic heterocycles. The van der Waals surface area contributed by atoms with E-state index in [9.17, 15) is 4.79 Å². The summed E-state index contributed by atoms with van der Waals surface area (Å²) in [7, 11) is 0. The third-order valence-corrected chi connectivity index (χ3v) is 3.51.